The van der Waals surface area contributed by atoms with Crippen LogP contribution in [0.5, 0.6) is 11.5 Å². The Morgan fingerprint density at radius 1 is 0.926 bits per heavy atom. The topological polar surface area (TPSA) is 67.9 Å². The van der Waals surface area contributed by atoms with E-state index in [0.717, 1.165) is 11.1 Å². The van der Waals surface area contributed by atoms with Crippen molar-refractivity contribution in [3.8, 4) is 11.5 Å². The lowest BCUT2D eigenvalue weighted by Crippen LogP contribution is -2.23. The van der Waals surface area contributed by atoms with Gasteiger partial charge in [0.05, 0.1) is 14.2 Å². The van der Waals surface area contributed by atoms with Gasteiger partial charge in [0.15, 0.2) is 11.5 Å². The molecular weight excluding hydrogens is 344 g/mol. The van der Waals surface area contributed by atoms with E-state index in [-0.39, 0.29) is 11.8 Å². The van der Waals surface area contributed by atoms with Gasteiger partial charge in [-0.3, -0.25) is 9.59 Å². The Kier molecular flexibility index (Phi) is 7.23. The van der Waals surface area contributed by atoms with Crippen molar-refractivity contribution in [2.45, 2.75) is 19.4 Å². The average molecular weight is 370 g/mol. The van der Waals surface area contributed by atoms with Crippen LogP contribution in [0.3, 0.4) is 0 Å². The van der Waals surface area contributed by atoms with Crippen molar-refractivity contribution in [2.24, 2.45) is 0 Å². The number of hydrogen-bond donors (Lipinski definition) is 1. The lowest BCUT2D eigenvalue weighted by atomic mass is 10.1. The van der Waals surface area contributed by atoms with Gasteiger partial charge >= 0.3 is 0 Å². The van der Waals surface area contributed by atoms with Gasteiger partial charge in [-0.15, -0.1) is 0 Å². The van der Waals surface area contributed by atoms with Crippen molar-refractivity contribution >= 4 is 11.8 Å². The molecule has 0 saturated carbocycles. The Morgan fingerprint density at radius 3 is 2.15 bits per heavy atom. The lowest BCUT2D eigenvalue weighted by molar-refractivity contribution is -0.121. The van der Waals surface area contributed by atoms with Crippen LogP contribution in [0.2, 0.25) is 0 Å². The van der Waals surface area contributed by atoms with Crippen molar-refractivity contribution in [1.82, 2.24) is 10.2 Å². The number of methoxy groups -OCH3 is 2. The molecule has 27 heavy (non-hydrogen) atoms. The van der Waals surface area contributed by atoms with Crippen molar-refractivity contribution in [3.63, 3.8) is 0 Å². The van der Waals surface area contributed by atoms with Gasteiger partial charge in [0.25, 0.3) is 5.91 Å². The number of carbonyl (C=O) groups is 2. The van der Waals surface area contributed by atoms with Crippen LogP contribution in [0.1, 0.15) is 27.9 Å². The summed E-state index contributed by atoms with van der Waals surface area (Å²) in [7, 11) is 6.61. The molecule has 2 amide bonds. The van der Waals surface area contributed by atoms with Gasteiger partial charge in [-0.25, -0.2) is 0 Å². The largest absolute Gasteiger partial charge is 0.493 e. The smallest absolute Gasteiger partial charge is 0.253 e. The second kappa shape index (κ2) is 9.62. The number of hydrogen-bond acceptors (Lipinski definition) is 4. The summed E-state index contributed by atoms with van der Waals surface area (Å²) < 4.78 is 10.5. The number of nitrogens with one attached hydrogen (secondary N) is 1. The van der Waals surface area contributed by atoms with Crippen LogP contribution in [0.25, 0.3) is 0 Å². The van der Waals surface area contributed by atoms with E-state index in [9.17, 15) is 9.59 Å². The first-order chi connectivity index (χ1) is 12.9. The molecule has 0 bridgehead atoms. The minimum Gasteiger partial charge on any atom is -0.493 e. The molecule has 0 aromatic heterocycles. The van der Waals surface area contributed by atoms with Crippen LogP contribution in [0.15, 0.2) is 42.5 Å². The van der Waals surface area contributed by atoms with Gasteiger partial charge in [0, 0.05) is 32.6 Å². The van der Waals surface area contributed by atoms with Gasteiger partial charge in [-0.1, -0.05) is 18.2 Å². The van der Waals surface area contributed by atoms with Crippen molar-refractivity contribution in [1.29, 1.82) is 0 Å². The van der Waals surface area contributed by atoms with Crippen molar-refractivity contribution < 1.29 is 19.1 Å². The summed E-state index contributed by atoms with van der Waals surface area (Å²) in [6, 6.07) is 12.9. The Labute approximate surface area is 160 Å². The van der Waals surface area contributed by atoms with Crippen LogP contribution in [0, 0.1) is 0 Å². The predicted molar refractivity (Wildman–Crippen MR) is 104 cm³/mol. The summed E-state index contributed by atoms with van der Waals surface area (Å²) in [5.74, 6) is 1.25. The van der Waals surface area contributed by atoms with Gasteiger partial charge in [0.1, 0.15) is 0 Å². The number of nitrogens with zero attached hydrogens (tertiary/aromatic N) is 1. The molecule has 2 rings (SSSR count). The predicted octanol–water partition coefficient (Wildman–Crippen LogP) is 2.65. The molecule has 0 spiro atoms. The maximum absolute atomic E-state index is 12.1. The second-order valence-electron chi connectivity index (χ2n) is 6.36. The minimum atomic E-state index is -0.0412. The van der Waals surface area contributed by atoms with E-state index in [1.807, 2.05) is 30.3 Å². The zero-order valence-electron chi connectivity index (χ0n) is 16.2. The highest BCUT2D eigenvalue weighted by atomic mass is 16.5. The van der Waals surface area contributed by atoms with Gasteiger partial charge in [-0.05, 0) is 41.8 Å². The molecule has 0 aliphatic heterocycles. The summed E-state index contributed by atoms with van der Waals surface area (Å²) in [6.45, 7) is 0.432. The highest BCUT2D eigenvalue weighted by molar-refractivity contribution is 5.93. The van der Waals surface area contributed by atoms with Crippen molar-refractivity contribution in [2.75, 3.05) is 28.3 Å². The molecule has 0 fully saturated rings. The third-order valence-corrected chi connectivity index (χ3v) is 4.19. The molecule has 0 heterocycles. The zero-order chi connectivity index (χ0) is 19.8. The maximum Gasteiger partial charge on any atom is 0.253 e. The van der Waals surface area contributed by atoms with Crippen LogP contribution in [0.4, 0.5) is 0 Å². The summed E-state index contributed by atoms with van der Waals surface area (Å²) in [5.41, 5.74) is 2.59. The number of aryl methyl sites for hydroxylation is 1. The van der Waals surface area contributed by atoms with Crippen LogP contribution in [-0.2, 0) is 17.8 Å². The van der Waals surface area contributed by atoms with E-state index in [1.165, 1.54) is 4.90 Å². The first kappa shape index (κ1) is 20.3. The van der Waals surface area contributed by atoms with Crippen molar-refractivity contribution in [3.05, 3.63) is 59.2 Å². The average Bonchev–Trinajstić information content (AvgIpc) is 2.70. The van der Waals surface area contributed by atoms with Gasteiger partial charge < -0.3 is 19.7 Å². The summed E-state index contributed by atoms with van der Waals surface area (Å²) in [6.07, 6.45) is 0.995. The molecule has 6 nitrogen and oxygen atoms in total. The molecule has 2 aromatic rings. The number of amides is 2. The first-order valence-electron chi connectivity index (χ1n) is 8.72. The normalized spacial score (nSPS) is 10.2. The first-order valence-corrected chi connectivity index (χ1v) is 8.72. The monoisotopic (exact) mass is 370 g/mol. The fourth-order valence-electron chi connectivity index (χ4n) is 2.61. The Hall–Kier alpha value is -3.02. The molecule has 0 saturated heterocycles. The quantitative estimate of drug-likeness (QED) is 0.776. The highest BCUT2D eigenvalue weighted by Crippen LogP contribution is 2.27. The van der Waals surface area contributed by atoms with Gasteiger partial charge in [-0.2, -0.15) is 0 Å². The van der Waals surface area contributed by atoms with E-state index in [0.29, 0.717) is 36.4 Å². The van der Waals surface area contributed by atoms with Gasteiger partial charge in [0.2, 0.25) is 5.91 Å². The Bertz CT molecular complexity index is 785. The molecule has 2 aromatic carbocycles. The molecule has 0 aliphatic rings. The number of carbonyl (C=O) groups excluding carboxylic acids is 2. The molecule has 144 valence electrons. The second-order valence-corrected chi connectivity index (χ2v) is 6.36. The summed E-state index contributed by atoms with van der Waals surface area (Å²) in [4.78, 5) is 25.5. The summed E-state index contributed by atoms with van der Waals surface area (Å²) >= 11 is 0. The van der Waals surface area contributed by atoms with E-state index >= 15 is 0 Å². The minimum absolute atomic E-state index is 0.0294. The van der Waals surface area contributed by atoms with Crippen LogP contribution in [-0.4, -0.2) is 45.0 Å². The molecule has 0 atom stereocenters. The Balaban J connectivity index is 1.83. The number of ether oxygens (including phenoxy) is 2. The molecule has 0 radical (unpaired) electrons. The van der Waals surface area contributed by atoms with E-state index < -0.39 is 0 Å². The molecule has 0 aliphatic carbocycles. The summed E-state index contributed by atoms with van der Waals surface area (Å²) in [5, 5.41) is 2.90. The molecule has 0 unspecified atom stereocenters. The fraction of sp³-hybridized carbons (Fsp3) is 0.333. The third-order valence-electron chi connectivity index (χ3n) is 4.19. The van der Waals surface area contributed by atoms with E-state index in [2.05, 4.69) is 5.32 Å². The molecular formula is C21H26N2O4. The fourth-order valence-corrected chi connectivity index (χ4v) is 2.61. The highest BCUT2D eigenvalue weighted by Gasteiger charge is 2.09. The van der Waals surface area contributed by atoms with E-state index in [4.69, 9.17) is 9.47 Å². The Morgan fingerprint density at radius 2 is 1.56 bits per heavy atom. The SMILES string of the molecule is COc1ccc(CCC(=O)NCc2ccc(C(=O)N(C)C)cc2)cc1OC. The standard InChI is InChI=1S/C21H26N2O4/c1-23(2)21(25)17-9-5-16(6-10-17)14-22-20(24)12-8-15-7-11-18(26-3)19(13-15)27-4/h5-7,9-11,13H,8,12,14H2,1-4H3,(H,22,24). The lowest BCUT2D eigenvalue weighted by Gasteiger charge is -2.11. The maximum atomic E-state index is 12.1. The number of benzene rings is 2. The van der Waals surface area contributed by atoms with Crippen LogP contribution >= 0.6 is 0 Å². The van der Waals surface area contributed by atoms with E-state index in [1.54, 1.807) is 40.4 Å². The molecule has 6 heteroatoms. The molecule has 1 N–H and O–H groups in total. The zero-order valence-corrected chi connectivity index (χ0v) is 16.2. The number of rotatable bonds is 8. The van der Waals surface area contributed by atoms with Crippen LogP contribution < -0.4 is 14.8 Å². The third kappa shape index (κ3) is 5.74.